The van der Waals surface area contributed by atoms with Crippen molar-refractivity contribution in [1.29, 1.82) is 0 Å². The summed E-state index contributed by atoms with van der Waals surface area (Å²) in [6, 6.07) is 5.14. The molecule has 2 aliphatic rings. The van der Waals surface area contributed by atoms with Gasteiger partial charge < -0.3 is 18.9 Å². The molecule has 0 radical (unpaired) electrons. The zero-order valence-electron chi connectivity index (χ0n) is 11.0. The number of nitro benzene ring substituents is 1. The van der Waals surface area contributed by atoms with Crippen molar-refractivity contribution in [3.63, 3.8) is 0 Å². The fourth-order valence-electron chi connectivity index (χ4n) is 2.38. The first kappa shape index (κ1) is 13.8. The molecule has 0 saturated carbocycles. The average Bonchev–Trinajstić information content (AvgIpc) is 3.00. The first-order valence-electron chi connectivity index (χ1n) is 6.52. The molecule has 2 aliphatic heterocycles. The number of hydrogen-bond donors (Lipinski definition) is 0. The van der Waals surface area contributed by atoms with Crippen LogP contribution in [0.4, 0.5) is 10.5 Å². The third kappa shape index (κ3) is 3.11. The van der Waals surface area contributed by atoms with E-state index in [4.69, 9.17) is 18.9 Å². The summed E-state index contributed by atoms with van der Waals surface area (Å²) in [7, 11) is 0. The lowest BCUT2D eigenvalue weighted by atomic mass is 10.1. The van der Waals surface area contributed by atoms with Gasteiger partial charge in [-0.25, -0.2) is 4.79 Å². The second-order valence-electron chi connectivity index (χ2n) is 4.81. The molecule has 8 heteroatoms. The topological polar surface area (TPSA) is 97.1 Å². The van der Waals surface area contributed by atoms with Crippen LogP contribution >= 0.6 is 0 Å². The molecule has 1 aromatic carbocycles. The molecule has 3 rings (SSSR count). The van der Waals surface area contributed by atoms with Gasteiger partial charge in [0.25, 0.3) is 5.69 Å². The molecular formula is C13H13NO7. The van der Waals surface area contributed by atoms with Gasteiger partial charge in [-0.3, -0.25) is 10.1 Å². The van der Waals surface area contributed by atoms with Gasteiger partial charge in [-0.15, -0.1) is 0 Å². The second kappa shape index (κ2) is 5.66. The van der Waals surface area contributed by atoms with Gasteiger partial charge in [0.2, 0.25) is 6.29 Å². The van der Waals surface area contributed by atoms with E-state index in [1.54, 1.807) is 0 Å². The molecule has 2 heterocycles. The summed E-state index contributed by atoms with van der Waals surface area (Å²) >= 11 is 0. The molecule has 0 aliphatic carbocycles. The van der Waals surface area contributed by atoms with Crippen molar-refractivity contribution in [3.8, 4) is 5.75 Å². The fourth-order valence-corrected chi connectivity index (χ4v) is 2.38. The van der Waals surface area contributed by atoms with Crippen LogP contribution in [0.25, 0.3) is 0 Å². The van der Waals surface area contributed by atoms with E-state index in [-0.39, 0.29) is 23.6 Å². The van der Waals surface area contributed by atoms with Crippen LogP contribution in [0.15, 0.2) is 24.3 Å². The molecule has 21 heavy (non-hydrogen) atoms. The molecule has 0 bridgehead atoms. The van der Waals surface area contributed by atoms with Crippen molar-refractivity contribution >= 4 is 11.8 Å². The molecule has 1 unspecified atom stereocenters. The Bertz CT molecular complexity index is 532. The van der Waals surface area contributed by atoms with E-state index in [2.05, 4.69) is 0 Å². The van der Waals surface area contributed by atoms with Crippen molar-refractivity contribution in [1.82, 2.24) is 0 Å². The Morgan fingerprint density at radius 1 is 1.33 bits per heavy atom. The van der Waals surface area contributed by atoms with E-state index in [1.165, 1.54) is 24.3 Å². The van der Waals surface area contributed by atoms with E-state index in [9.17, 15) is 14.9 Å². The number of ether oxygens (including phenoxy) is 4. The summed E-state index contributed by atoms with van der Waals surface area (Å²) in [5, 5.41) is 10.5. The lowest BCUT2D eigenvalue weighted by Crippen LogP contribution is -2.21. The number of rotatable bonds is 3. The summed E-state index contributed by atoms with van der Waals surface area (Å²) in [6.45, 7) is 0.662. The summed E-state index contributed by atoms with van der Waals surface area (Å²) in [5.41, 5.74) is -0.0835. The predicted octanol–water partition coefficient (Wildman–Crippen LogP) is 2.22. The smallest absolute Gasteiger partial charge is 0.404 e. The van der Waals surface area contributed by atoms with Crippen LogP contribution in [-0.4, -0.2) is 30.3 Å². The number of carbonyl (C=O) groups is 1. The van der Waals surface area contributed by atoms with Gasteiger partial charge in [-0.1, -0.05) is 0 Å². The summed E-state index contributed by atoms with van der Waals surface area (Å²) < 4.78 is 20.7. The number of nitrogens with zero attached hydrogens (tertiary/aromatic N) is 1. The quantitative estimate of drug-likeness (QED) is 0.365. The first-order chi connectivity index (χ1) is 10.1. The van der Waals surface area contributed by atoms with E-state index in [0.29, 0.717) is 13.0 Å². The number of nitro groups is 1. The van der Waals surface area contributed by atoms with E-state index in [1.807, 2.05) is 0 Å². The maximum atomic E-state index is 11.6. The van der Waals surface area contributed by atoms with Crippen molar-refractivity contribution in [2.75, 3.05) is 6.61 Å². The lowest BCUT2D eigenvalue weighted by molar-refractivity contribution is -0.384. The highest BCUT2D eigenvalue weighted by Crippen LogP contribution is 2.35. The Kier molecular flexibility index (Phi) is 3.72. The highest BCUT2D eigenvalue weighted by molar-refractivity contribution is 5.64. The largest absolute Gasteiger partial charge is 0.516 e. The summed E-state index contributed by atoms with van der Waals surface area (Å²) in [5.74, 6) is 0.419. The number of benzene rings is 1. The van der Waals surface area contributed by atoms with Crippen LogP contribution in [0, 0.1) is 16.0 Å². The summed E-state index contributed by atoms with van der Waals surface area (Å²) in [4.78, 5) is 21.6. The number of hydrogen-bond acceptors (Lipinski definition) is 7. The highest BCUT2D eigenvalue weighted by atomic mass is 16.8. The lowest BCUT2D eigenvalue weighted by Gasteiger charge is -2.13. The van der Waals surface area contributed by atoms with E-state index >= 15 is 0 Å². The van der Waals surface area contributed by atoms with E-state index in [0.717, 1.165) is 6.42 Å². The average molecular weight is 295 g/mol. The molecule has 0 aromatic heterocycles. The molecule has 0 N–H and O–H groups in total. The Hall–Kier alpha value is -2.19. The van der Waals surface area contributed by atoms with Crippen LogP contribution in [0.3, 0.4) is 0 Å². The summed E-state index contributed by atoms with van der Waals surface area (Å²) in [6.07, 6.45) is -0.413. The molecule has 0 spiro atoms. The first-order valence-corrected chi connectivity index (χ1v) is 6.52. The van der Waals surface area contributed by atoms with Gasteiger partial charge >= 0.3 is 6.16 Å². The van der Waals surface area contributed by atoms with Crippen molar-refractivity contribution in [3.05, 3.63) is 34.4 Å². The van der Waals surface area contributed by atoms with Crippen LogP contribution in [-0.2, 0) is 14.2 Å². The predicted molar refractivity (Wildman–Crippen MR) is 67.5 cm³/mol. The standard InChI is InChI=1S/C13H13NO7/c15-13(19-10-3-1-9(2-4-10)14(16)17)21-11-7-8-5-6-18-12(8)20-11/h1-4,8,11-12H,5-7H2/t8-,11?,12+/m1/s1. The Morgan fingerprint density at radius 3 is 2.76 bits per heavy atom. The monoisotopic (exact) mass is 295 g/mol. The van der Waals surface area contributed by atoms with Gasteiger partial charge in [-0.05, 0) is 18.6 Å². The van der Waals surface area contributed by atoms with Crippen molar-refractivity contribution < 1.29 is 28.7 Å². The maximum absolute atomic E-state index is 11.6. The number of fused-ring (bicyclic) bond motifs is 1. The molecule has 2 saturated heterocycles. The van der Waals surface area contributed by atoms with Crippen LogP contribution < -0.4 is 4.74 Å². The third-order valence-corrected chi connectivity index (χ3v) is 3.41. The zero-order valence-corrected chi connectivity index (χ0v) is 11.0. The van der Waals surface area contributed by atoms with Crippen molar-refractivity contribution in [2.24, 2.45) is 5.92 Å². The van der Waals surface area contributed by atoms with Crippen LogP contribution in [0.2, 0.25) is 0 Å². The fraction of sp³-hybridized carbons (Fsp3) is 0.462. The maximum Gasteiger partial charge on any atom is 0.516 e. The van der Waals surface area contributed by atoms with Gasteiger partial charge in [0.05, 0.1) is 11.5 Å². The van der Waals surface area contributed by atoms with Gasteiger partial charge in [-0.2, -0.15) is 0 Å². The minimum Gasteiger partial charge on any atom is -0.404 e. The number of carbonyl (C=O) groups excluding carboxylic acids is 1. The SMILES string of the molecule is O=C(Oc1ccc([N+](=O)[O-])cc1)OC1C[C@H]2CCO[C@H]2O1. The molecule has 112 valence electrons. The normalized spacial score (nSPS) is 27.1. The highest BCUT2D eigenvalue weighted by Gasteiger charge is 2.41. The molecule has 8 nitrogen and oxygen atoms in total. The van der Waals surface area contributed by atoms with Gasteiger partial charge in [0.15, 0.2) is 6.29 Å². The number of non-ortho nitro benzene ring substituents is 1. The molecule has 2 fully saturated rings. The minimum atomic E-state index is -0.908. The minimum absolute atomic E-state index is 0.0835. The zero-order chi connectivity index (χ0) is 14.8. The molecule has 3 atom stereocenters. The molecular weight excluding hydrogens is 282 g/mol. The molecule has 0 amide bonds. The van der Waals surface area contributed by atoms with Crippen molar-refractivity contribution in [2.45, 2.75) is 25.4 Å². The Morgan fingerprint density at radius 2 is 2.10 bits per heavy atom. The van der Waals surface area contributed by atoms with Crippen LogP contribution in [0.1, 0.15) is 12.8 Å². The second-order valence-corrected chi connectivity index (χ2v) is 4.81. The van der Waals surface area contributed by atoms with E-state index < -0.39 is 17.4 Å². The van der Waals surface area contributed by atoms with Gasteiger partial charge in [0, 0.05) is 24.5 Å². The Labute approximate surface area is 119 Å². The molecule has 1 aromatic rings. The van der Waals surface area contributed by atoms with Gasteiger partial charge in [0.1, 0.15) is 5.75 Å². The van der Waals surface area contributed by atoms with Crippen LogP contribution in [0.5, 0.6) is 5.75 Å². The Balaban J connectivity index is 1.51. The third-order valence-electron chi connectivity index (χ3n) is 3.41.